The molecule has 0 atom stereocenters. The Morgan fingerprint density at radius 3 is 2.36 bits per heavy atom. The molecule has 0 unspecified atom stereocenters. The highest BCUT2D eigenvalue weighted by Gasteiger charge is 2.15. The van der Waals surface area contributed by atoms with Crippen molar-refractivity contribution in [3.05, 3.63) is 47.5 Å². The lowest BCUT2D eigenvalue weighted by atomic mass is 9.98. The predicted octanol–water partition coefficient (Wildman–Crippen LogP) is 3.93. The van der Waals surface area contributed by atoms with E-state index in [4.69, 9.17) is 20.6 Å². The van der Waals surface area contributed by atoms with Crippen LogP contribution in [-0.2, 0) is 19.0 Å². The first-order chi connectivity index (χ1) is 17.6. The molecule has 0 aromatic heterocycles. The van der Waals surface area contributed by atoms with Gasteiger partial charge in [0.25, 0.3) is 5.91 Å². The molecule has 0 spiro atoms. The number of rotatable bonds is 13. The van der Waals surface area contributed by atoms with Crippen LogP contribution < -0.4 is 10.2 Å². The van der Waals surface area contributed by atoms with Gasteiger partial charge in [0, 0.05) is 25.3 Å². The number of anilines is 1. The quantitative estimate of drug-likeness (QED) is 0.199. The van der Waals surface area contributed by atoms with Crippen molar-refractivity contribution >= 4 is 27.9 Å². The maximum absolute atomic E-state index is 12.6. The van der Waals surface area contributed by atoms with Gasteiger partial charge in [-0.2, -0.15) is 5.26 Å². The maximum Gasteiger partial charge on any atom is 0.262 e. The molecule has 190 valence electrons. The van der Waals surface area contributed by atoms with Crippen LogP contribution in [0.2, 0.25) is 0 Å². The van der Waals surface area contributed by atoms with Gasteiger partial charge in [0.1, 0.15) is 18.2 Å². The van der Waals surface area contributed by atoms with E-state index in [-0.39, 0.29) is 12.2 Å². The fourth-order valence-electron chi connectivity index (χ4n) is 4.16. The summed E-state index contributed by atoms with van der Waals surface area (Å²) in [7, 11) is 0. The number of ether oxygens (including phenoxy) is 3. The van der Waals surface area contributed by atoms with Crippen molar-refractivity contribution in [2.24, 2.45) is 0 Å². The topological polar surface area (TPSA) is 83.8 Å². The summed E-state index contributed by atoms with van der Waals surface area (Å²) in [6.45, 7) is 6.66. The SMILES string of the molecule is C#CCOCCOCCOCCNC(=O)C(C#N)=C(C)c1ccc2cc(N3CCCCC3)ccc2c1. The molecule has 36 heavy (non-hydrogen) atoms. The van der Waals surface area contributed by atoms with Crippen LogP contribution in [0, 0.1) is 23.7 Å². The van der Waals surface area contributed by atoms with Crippen molar-refractivity contribution in [1.29, 1.82) is 5.26 Å². The Balaban J connectivity index is 1.49. The van der Waals surface area contributed by atoms with Gasteiger partial charge in [-0.1, -0.05) is 24.1 Å². The first-order valence-electron chi connectivity index (χ1n) is 12.5. The fraction of sp³-hybridized carbons (Fsp3) is 0.448. The molecule has 0 bridgehead atoms. The van der Waals surface area contributed by atoms with Gasteiger partial charge in [-0.05, 0) is 66.3 Å². The number of hydrogen-bond donors (Lipinski definition) is 1. The van der Waals surface area contributed by atoms with E-state index in [0.717, 1.165) is 29.4 Å². The van der Waals surface area contributed by atoms with E-state index in [1.54, 1.807) is 0 Å². The van der Waals surface area contributed by atoms with Crippen LogP contribution in [-0.4, -0.2) is 65.2 Å². The molecule has 7 heteroatoms. The van der Waals surface area contributed by atoms with Gasteiger partial charge in [-0.15, -0.1) is 6.42 Å². The number of fused-ring (bicyclic) bond motifs is 1. The number of carbonyl (C=O) groups excluding carboxylic acids is 1. The Morgan fingerprint density at radius 1 is 0.972 bits per heavy atom. The van der Waals surface area contributed by atoms with Gasteiger partial charge in [0.15, 0.2) is 0 Å². The van der Waals surface area contributed by atoms with Crippen molar-refractivity contribution < 1.29 is 19.0 Å². The molecule has 3 rings (SSSR count). The normalized spacial score (nSPS) is 14.1. The fourth-order valence-corrected chi connectivity index (χ4v) is 4.16. The Morgan fingerprint density at radius 2 is 1.64 bits per heavy atom. The molecular formula is C29H35N3O4. The van der Waals surface area contributed by atoms with E-state index < -0.39 is 5.91 Å². The highest BCUT2D eigenvalue weighted by Crippen LogP contribution is 2.28. The number of amides is 1. The molecule has 1 amide bonds. The van der Waals surface area contributed by atoms with Gasteiger partial charge >= 0.3 is 0 Å². The number of terminal acetylenes is 1. The Hall–Kier alpha value is -3.36. The largest absolute Gasteiger partial charge is 0.377 e. The lowest BCUT2D eigenvalue weighted by Gasteiger charge is -2.29. The third-order valence-corrected chi connectivity index (χ3v) is 6.15. The average Bonchev–Trinajstić information content (AvgIpc) is 2.92. The zero-order valence-electron chi connectivity index (χ0n) is 21.1. The summed E-state index contributed by atoms with van der Waals surface area (Å²) in [5, 5.41) is 14.7. The summed E-state index contributed by atoms with van der Waals surface area (Å²) in [5.74, 6) is 1.99. The van der Waals surface area contributed by atoms with Gasteiger partial charge in [0.05, 0.1) is 33.0 Å². The third-order valence-electron chi connectivity index (χ3n) is 6.15. The van der Waals surface area contributed by atoms with Crippen molar-refractivity contribution in [2.75, 3.05) is 64.2 Å². The number of nitrogens with one attached hydrogen (secondary N) is 1. The highest BCUT2D eigenvalue weighted by molar-refractivity contribution is 6.05. The molecule has 1 aliphatic rings. The van der Waals surface area contributed by atoms with Gasteiger partial charge in [-0.25, -0.2) is 0 Å². The summed E-state index contributed by atoms with van der Waals surface area (Å²) < 4.78 is 15.9. The third kappa shape index (κ3) is 8.10. The summed E-state index contributed by atoms with van der Waals surface area (Å²) in [6.07, 6.45) is 8.88. The molecule has 1 fully saturated rings. The van der Waals surface area contributed by atoms with E-state index >= 15 is 0 Å². The number of carbonyl (C=O) groups is 1. The van der Waals surface area contributed by atoms with Gasteiger partial charge in [-0.3, -0.25) is 4.79 Å². The molecule has 1 N–H and O–H groups in total. The number of allylic oxidation sites excluding steroid dienone is 1. The zero-order chi connectivity index (χ0) is 25.6. The summed E-state index contributed by atoms with van der Waals surface area (Å²) >= 11 is 0. The van der Waals surface area contributed by atoms with Crippen molar-refractivity contribution in [3.63, 3.8) is 0 Å². The van der Waals surface area contributed by atoms with Crippen LogP contribution in [0.25, 0.3) is 16.3 Å². The van der Waals surface area contributed by atoms with Crippen molar-refractivity contribution in [2.45, 2.75) is 26.2 Å². The van der Waals surface area contributed by atoms with Gasteiger partial charge in [0.2, 0.25) is 0 Å². The van der Waals surface area contributed by atoms with E-state index in [9.17, 15) is 10.1 Å². The molecule has 0 radical (unpaired) electrons. The summed E-state index contributed by atoms with van der Waals surface area (Å²) in [4.78, 5) is 15.1. The summed E-state index contributed by atoms with van der Waals surface area (Å²) in [6, 6.07) is 14.6. The Bertz CT molecular complexity index is 1120. The van der Waals surface area contributed by atoms with Crippen LogP contribution in [0.3, 0.4) is 0 Å². The Kier molecular flexibility index (Phi) is 11.3. The lowest BCUT2D eigenvalue weighted by molar-refractivity contribution is -0.117. The standard InChI is InChI=1S/C29H35N3O4/c1-3-14-34-16-18-36-19-17-35-15-11-31-29(33)28(22-30)23(2)24-7-8-26-21-27(10-9-25(26)20-24)32-12-5-4-6-13-32/h1,7-10,20-21H,4-6,11-19H2,2H3,(H,31,33). The molecule has 2 aromatic carbocycles. The van der Waals surface area contributed by atoms with Crippen LogP contribution >= 0.6 is 0 Å². The Labute approximate surface area is 214 Å². The molecule has 1 saturated heterocycles. The second kappa shape index (κ2) is 14.9. The second-order valence-corrected chi connectivity index (χ2v) is 8.64. The smallest absolute Gasteiger partial charge is 0.262 e. The molecular weight excluding hydrogens is 454 g/mol. The van der Waals surface area contributed by atoms with Crippen molar-refractivity contribution in [1.82, 2.24) is 5.32 Å². The van der Waals surface area contributed by atoms with E-state index in [2.05, 4.69) is 46.5 Å². The van der Waals surface area contributed by atoms with Crippen LogP contribution in [0.5, 0.6) is 0 Å². The molecule has 7 nitrogen and oxygen atoms in total. The van der Waals surface area contributed by atoms with Crippen LogP contribution in [0.1, 0.15) is 31.7 Å². The maximum atomic E-state index is 12.6. The predicted molar refractivity (Wildman–Crippen MR) is 143 cm³/mol. The number of nitrogens with zero attached hydrogens (tertiary/aromatic N) is 2. The molecule has 0 aliphatic carbocycles. The average molecular weight is 490 g/mol. The number of piperidine rings is 1. The van der Waals surface area contributed by atoms with E-state index in [1.165, 1.54) is 24.9 Å². The number of nitriles is 1. The molecule has 1 aliphatic heterocycles. The minimum absolute atomic E-state index is 0.106. The van der Waals surface area contributed by atoms with Gasteiger partial charge < -0.3 is 24.4 Å². The lowest BCUT2D eigenvalue weighted by Crippen LogP contribution is -2.29. The first kappa shape index (κ1) is 27.2. The second-order valence-electron chi connectivity index (χ2n) is 8.64. The first-order valence-corrected chi connectivity index (χ1v) is 12.5. The van der Waals surface area contributed by atoms with E-state index in [0.29, 0.717) is 45.2 Å². The minimum atomic E-state index is -0.402. The molecule has 0 saturated carbocycles. The minimum Gasteiger partial charge on any atom is -0.377 e. The number of benzene rings is 2. The zero-order valence-corrected chi connectivity index (χ0v) is 21.1. The monoisotopic (exact) mass is 489 g/mol. The molecule has 2 aromatic rings. The van der Waals surface area contributed by atoms with Crippen LogP contribution in [0.4, 0.5) is 5.69 Å². The number of hydrogen-bond acceptors (Lipinski definition) is 6. The van der Waals surface area contributed by atoms with E-state index in [1.807, 2.05) is 19.1 Å². The molecule has 1 heterocycles. The summed E-state index contributed by atoms with van der Waals surface area (Å²) in [5.41, 5.74) is 2.87. The highest BCUT2D eigenvalue weighted by atomic mass is 16.5. The van der Waals surface area contributed by atoms with Crippen LogP contribution in [0.15, 0.2) is 42.0 Å². The van der Waals surface area contributed by atoms with Crippen molar-refractivity contribution in [3.8, 4) is 18.4 Å².